The van der Waals surface area contributed by atoms with Gasteiger partial charge in [-0.15, -0.1) is 0 Å². The first-order valence-electron chi connectivity index (χ1n) is 5.14. The van der Waals surface area contributed by atoms with Crippen molar-refractivity contribution in [2.75, 3.05) is 13.6 Å². The van der Waals surface area contributed by atoms with E-state index in [1.54, 1.807) is 19.9 Å². The Kier molecular flexibility index (Phi) is 4.27. The second kappa shape index (κ2) is 5.14. The summed E-state index contributed by atoms with van der Waals surface area (Å²) in [4.78, 5) is 13.3. The number of carbonyl (C=O) groups excluding carboxylic acids is 1. The molecule has 0 bridgehead atoms. The van der Waals surface area contributed by atoms with E-state index < -0.39 is 17.3 Å². The van der Waals surface area contributed by atoms with Crippen molar-refractivity contribution in [1.29, 1.82) is 0 Å². The van der Waals surface area contributed by atoms with Crippen LogP contribution in [0.2, 0.25) is 0 Å². The van der Waals surface area contributed by atoms with E-state index in [1.165, 1.54) is 24.1 Å². The van der Waals surface area contributed by atoms with Gasteiger partial charge in [-0.1, -0.05) is 6.07 Å². The van der Waals surface area contributed by atoms with Gasteiger partial charge in [0.15, 0.2) is 0 Å². The summed E-state index contributed by atoms with van der Waals surface area (Å²) in [5, 5.41) is 9.62. The number of benzene rings is 1. The van der Waals surface area contributed by atoms with Gasteiger partial charge >= 0.3 is 0 Å². The van der Waals surface area contributed by atoms with E-state index in [1.807, 2.05) is 0 Å². The number of likely N-dealkylation sites (N-methyl/N-ethyl adjacent to an activating group) is 1. The molecule has 0 aliphatic carbocycles. The maximum Gasteiger partial charge on any atom is 0.257 e. The number of nitrogens with zero attached hydrogens (tertiary/aromatic N) is 1. The van der Waals surface area contributed by atoms with Crippen LogP contribution in [0.5, 0.6) is 0 Å². The van der Waals surface area contributed by atoms with E-state index in [-0.39, 0.29) is 12.1 Å². The molecule has 0 aromatic heterocycles. The fraction of sp³-hybridized carbons (Fsp3) is 0.417. The van der Waals surface area contributed by atoms with Gasteiger partial charge in [0.1, 0.15) is 5.82 Å². The zero-order valence-corrected chi connectivity index (χ0v) is 11.6. The van der Waals surface area contributed by atoms with E-state index in [2.05, 4.69) is 15.9 Å². The van der Waals surface area contributed by atoms with E-state index in [4.69, 9.17) is 0 Å². The monoisotopic (exact) mass is 303 g/mol. The van der Waals surface area contributed by atoms with Gasteiger partial charge in [-0.25, -0.2) is 4.39 Å². The lowest BCUT2D eigenvalue weighted by atomic mass is 10.1. The number of amides is 1. The molecule has 0 aliphatic heterocycles. The second-order valence-electron chi connectivity index (χ2n) is 4.57. The number of hydrogen-bond acceptors (Lipinski definition) is 2. The molecule has 17 heavy (non-hydrogen) atoms. The van der Waals surface area contributed by atoms with Crippen molar-refractivity contribution in [2.24, 2.45) is 0 Å². The van der Waals surface area contributed by atoms with Crippen LogP contribution in [0.4, 0.5) is 4.39 Å². The average Bonchev–Trinajstić information content (AvgIpc) is 2.14. The Morgan fingerprint density at radius 2 is 2.12 bits per heavy atom. The Hall–Kier alpha value is -0.940. The lowest BCUT2D eigenvalue weighted by Gasteiger charge is -2.26. The molecule has 1 aromatic carbocycles. The zero-order chi connectivity index (χ0) is 13.2. The number of rotatable bonds is 3. The van der Waals surface area contributed by atoms with Gasteiger partial charge in [0.2, 0.25) is 0 Å². The Balaban J connectivity index is 2.97. The standard InChI is InChI=1S/C12H15BrFNO2/c1-12(2,17)7-15(3)11(16)10-8(13)5-4-6-9(10)14/h4-6,17H,7H2,1-3H3. The van der Waals surface area contributed by atoms with Crippen molar-refractivity contribution in [1.82, 2.24) is 4.90 Å². The van der Waals surface area contributed by atoms with Gasteiger partial charge in [-0.3, -0.25) is 4.79 Å². The largest absolute Gasteiger partial charge is 0.389 e. The molecule has 0 radical (unpaired) electrons. The average molecular weight is 304 g/mol. The normalized spacial score (nSPS) is 11.4. The van der Waals surface area contributed by atoms with E-state index >= 15 is 0 Å². The molecule has 1 amide bonds. The predicted octanol–water partition coefficient (Wildman–Crippen LogP) is 2.43. The third kappa shape index (κ3) is 3.78. The molecule has 0 spiro atoms. The highest BCUT2D eigenvalue weighted by molar-refractivity contribution is 9.10. The fourth-order valence-corrected chi connectivity index (χ4v) is 2.06. The minimum absolute atomic E-state index is 0.0146. The quantitative estimate of drug-likeness (QED) is 0.932. The summed E-state index contributed by atoms with van der Waals surface area (Å²) in [6.45, 7) is 3.31. The van der Waals surface area contributed by atoms with E-state index in [9.17, 15) is 14.3 Å². The first-order chi connectivity index (χ1) is 7.72. The Morgan fingerprint density at radius 1 is 1.53 bits per heavy atom. The maximum absolute atomic E-state index is 13.6. The number of aliphatic hydroxyl groups is 1. The van der Waals surface area contributed by atoms with Crippen molar-refractivity contribution in [3.63, 3.8) is 0 Å². The van der Waals surface area contributed by atoms with Crippen LogP contribution in [0.15, 0.2) is 22.7 Å². The molecule has 3 nitrogen and oxygen atoms in total. The molecule has 0 saturated heterocycles. The lowest BCUT2D eigenvalue weighted by Crippen LogP contribution is -2.40. The summed E-state index contributed by atoms with van der Waals surface area (Å²) >= 11 is 3.15. The predicted molar refractivity (Wildman–Crippen MR) is 67.4 cm³/mol. The molecule has 0 heterocycles. The lowest BCUT2D eigenvalue weighted by molar-refractivity contribution is 0.0365. The molecule has 0 aliphatic rings. The molecule has 0 saturated carbocycles. The smallest absolute Gasteiger partial charge is 0.257 e. The number of halogens is 2. The highest BCUT2D eigenvalue weighted by atomic mass is 79.9. The molecule has 5 heteroatoms. The van der Waals surface area contributed by atoms with Gasteiger partial charge < -0.3 is 10.0 Å². The molecule has 1 N–H and O–H groups in total. The molecule has 1 rings (SSSR count). The van der Waals surface area contributed by atoms with E-state index in [0.29, 0.717) is 4.47 Å². The molecular weight excluding hydrogens is 289 g/mol. The van der Waals surface area contributed by atoms with Crippen LogP contribution in [-0.2, 0) is 0 Å². The number of hydrogen-bond donors (Lipinski definition) is 1. The summed E-state index contributed by atoms with van der Waals surface area (Å²) in [6, 6.07) is 4.36. The topological polar surface area (TPSA) is 40.5 Å². The molecule has 94 valence electrons. The van der Waals surface area contributed by atoms with Crippen molar-refractivity contribution >= 4 is 21.8 Å². The van der Waals surface area contributed by atoms with Gasteiger partial charge in [-0.05, 0) is 41.9 Å². The zero-order valence-electron chi connectivity index (χ0n) is 10.00. The van der Waals surface area contributed by atoms with Crippen LogP contribution in [-0.4, -0.2) is 35.1 Å². The van der Waals surface area contributed by atoms with Gasteiger partial charge in [0.05, 0.1) is 11.2 Å². The molecule has 0 unspecified atom stereocenters. The summed E-state index contributed by atoms with van der Waals surface area (Å²) in [5.41, 5.74) is -1.03. The number of carbonyl (C=O) groups is 1. The van der Waals surface area contributed by atoms with Crippen LogP contribution >= 0.6 is 15.9 Å². The summed E-state index contributed by atoms with van der Waals surface area (Å²) in [5.74, 6) is -1.04. The minimum atomic E-state index is -1.01. The van der Waals surface area contributed by atoms with Crippen molar-refractivity contribution in [2.45, 2.75) is 19.4 Å². The van der Waals surface area contributed by atoms with Crippen LogP contribution in [0.1, 0.15) is 24.2 Å². The SMILES string of the molecule is CN(CC(C)(C)O)C(=O)c1c(F)cccc1Br. The first-order valence-corrected chi connectivity index (χ1v) is 5.93. The Labute approximate surface area is 108 Å². The summed E-state index contributed by atoms with van der Waals surface area (Å²) in [7, 11) is 1.53. The first kappa shape index (κ1) is 14.1. The van der Waals surface area contributed by atoms with Crippen LogP contribution in [0.25, 0.3) is 0 Å². The van der Waals surface area contributed by atoms with Crippen LogP contribution in [0, 0.1) is 5.82 Å². The minimum Gasteiger partial charge on any atom is -0.389 e. The van der Waals surface area contributed by atoms with Gasteiger partial charge in [-0.2, -0.15) is 0 Å². The van der Waals surface area contributed by atoms with Crippen molar-refractivity contribution in [3.8, 4) is 0 Å². The molecule has 1 aromatic rings. The molecule has 0 atom stereocenters. The third-order valence-electron chi connectivity index (χ3n) is 2.15. The van der Waals surface area contributed by atoms with Crippen molar-refractivity contribution < 1.29 is 14.3 Å². The fourth-order valence-electron chi connectivity index (χ4n) is 1.55. The van der Waals surface area contributed by atoms with Crippen LogP contribution < -0.4 is 0 Å². The third-order valence-corrected chi connectivity index (χ3v) is 2.81. The van der Waals surface area contributed by atoms with Crippen LogP contribution in [0.3, 0.4) is 0 Å². The van der Waals surface area contributed by atoms with E-state index in [0.717, 1.165) is 0 Å². The highest BCUT2D eigenvalue weighted by Gasteiger charge is 2.23. The highest BCUT2D eigenvalue weighted by Crippen LogP contribution is 2.21. The second-order valence-corrected chi connectivity index (χ2v) is 5.42. The molecule has 0 fully saturated rings. The van der Waals surface area contributed by atoms with Gasteiger partial charge in [0, 0.05) is 18.1 Å². The maximum atomic E-state index is 13.6. The Bertz CT molecular complexity index is 409. The van der Waals surface area contributed by atoms with Gasteiger partial charge in [0.25, 0.3) is 5.91 Å². The summed E-state index contributed by atoms with van der Waals surface area (Å²) in [6.07, 6.45) is 0. The summed E-state index contributed by atoms with van der Waals surface area (Å²) < 4.78 is 14.0. The Morgan fingerprint density at radius 3 is 2.59 bits per heavy atom. The van der Waals surface area contributed by atoms with Crippen molar-refractivity contribution in [3.05, 3.63) is 34.1 Å². The molecular formula is C12H15BrFNO2.